The average Bonchev–Trinajstić information content (AvgIpc) is 3.02. The number of carbonyl (C=O) groups is 1. The fourth-order valence-corrected chi connectivity index (χ4v) is 3.84. The van der Waals surface area contributed by atoms with E-state index in [0.29, 0.717) is 11.6 Å². The molecule has 0 saturated carbocycles. The maximum atomic E-state index is 13.0. The maximum Gasteiger partial charge on any atom is 0.414 e. The molecule has 8 heteroatoms. The SMILES string of the molecule is CC(C)c1ccc(S(=O)(=O)NCC2CN(c3ccc(F)cc3)C(=O)O2)cc1. The summed E-state index contributed by atoms with van der Waals surface area (Å²) in [4.78, 5) is 13.5. The van der Waals surface area contributed by atoms with E-state index >= 15 is 0 Å². The minimum Gasteiger partial charge on any atom is -0.443 e. The Labute approximate surface area is 158 Å². The Bertz CT molecular complexity index is 912. The predicted octanol–water partition coefficient (Wildman–Crippen LogP) is 3.25. The molecule has 1 saturated heterocycles. The van der Waals surface area contributed by atoms with E-state index in [1.54, 1.807) is 24.3 Å². The number of anilines is 1. The number of sulfonamides is 1. The molecule has 1 aliphatic heterocycles. The largest absolute Gasteiger partial charge is 0.443 e. The molecule has 1 aliphatic rings. The first-order chi connectivity index (χ1) is 12.8. The van der Waals surface area contributed by atoms with Gasteiger partial charge in [0.1, 0.15) is 11.9 Å². The molecular weight excluding hydrogens is 371 g/mol. The molecule has 6 nitrogen and oxygen atoms in total. The van der Waals surface area contributed by atoms with Crippen LogP contribution in [0.4, 0.5) is 14.9 Å². The average molecular weight is 392 g/mol. The molecule has 1 heterocycles. The summed E-state index contributed by atoms with van der Waals surface area (Å²) in [5.74, 6) is -0.0934. The minimum absolute atomic E-state index is 0.0439. The highest BCUT2D eigenvalue weighted by molar-refractivity contribution is 7.89. The topological polar surface area (TPSA) is 75.7 Å². The van der Waals surface area contributed by atoms with E-state index in [0.717, 1.165) is 5.56 Å². The Balaban J connectivity index is 1.62. The van der Waals surface area contributed by atoms with Gasteiger partial charge in [0, 0.05) is 12.2 Å². The van der Waals surface area contributed by atoms with Crippen LogP contribution in [0.2, 0.25) is 0 Å². The van der Waals surface area contributed by atoms with Crippen molar-refractivity contribution in [3.63, 3.8) is 0 Å². The second-order valence-corrected chi connectivity index (χ2v) is 8.44. The van der Waals surface area contributed by atoms with Crippen LogP contribution in [0.1, 0.15) is 25.3 Å². The lowest BCUT2D eigenvalue weighted by Gasteiger charge is -2.13. The molecule has 1 unspecified atom stereocenters. The number of hydrogen-bond acceptors (Lipinski definition) is 4. The Hall–Kier alpha value is -2.45. The summed E-state index contributed by atoms with van der Waals surface area (Å²) in [6.45, 7) is 4.20. The number of nitrogens with one attached hydrogen (secondary N) is 1. The van der Waals surface area contributed by atoms with Crippen LogP contribution in [0.5, 0.6) is 0 Å². The van der Waals surface area contributed by atoms with Crippen molar-refractivity contribution < 1.29 is 22.3 Å². The highest BCUT2D eigenvalue weighted by Gasteiger charge is 2.33. The van der Waals surface area contributed by atoms with Crippen molar-refractivity contribution in [3.8, 4) is 0 Å². The molecule has 2 aromatic rings. The number of amides is 1. The zero-order chi connectivity index (χ0) is 19.6. The Morgan fingerprint density at radius 3 is 2.37 bits per heavy atom. The van der Waals surface area contributed by atoms with Crippen molar-refractivity contribution in [1.29, 1.82) is 0 Å². The van der Waals surface area contributed by atoms with Gasteiger partial charge < -0.3 is 4.74 Å². The van der Waals surface area contributed by atoms with Crippen molar-refractivity contribution in [2.45, 2.75) is 30.8 Å². The third-order valence-corrected chi connectivity index (χ3v) is 5.81. The normalized spacial score (nSPS) is 17.4. The van der Waals surface area contributed by atoms with Crippen LogP contribution < -0.4 is 9.62 Å². The third-order valence-electron chi connectivity index (χ3n) is 4.37. The summed E-state index contributed by atoms with van der Waals surface area (Å²) < 4.78 is 45.6. The molecule has 144 valence electrons. The first-order valence-corrected chi connectivity index (χ1v) is 10.1. The van der Waals surface area contributed by atoms with Crippen LogP contribution in [0.25, 0.3) is 0 Å². The van der Waals surface area contributed by atoms with Crippen LogP contribution in [0.3, 0.4) is 0 Å². The van der Waals surface area contributed by atoms with Gasteiger partial charge in [0.25, 0.3) is 0 Å². The fraction of sp³-hybridized carbons (Fsp3) is 0.316. The summed E-state index contributed by atoms with van der Waals surface area (Å²) in [5, 5.41) is 0. The van der Waals surface area contributed by atoms with Gasteiger partial charge in [-0.15, -0.1) is 0 Å². The van der Waals surface area contributed by atoms with Gasteiger partial charge in [-0.2, -0.15) is 0 Å². The lowest BCUT2D eigenvalue weighted by molar-refractivity contribution is 0.143. The number of hydrogen-bond donors (Lipinski definition) is 1. The molecule has 1 atom stereocenters. The molecule has 0 aromatic heterocycles. The van der Waals surface area contributed by atoms with Gasteiger partial charge >= 0.3 is 6.09 Å². The zero-order valence-electron chi connectivity index (χ0n) is 15.1. The number of cyclic esters (lactones) is 1. The van der Waals surface area contributed by atoms with Gasteiger partial charge in [0.05, 0.1) is 11.4 Å². The van der Waals surface area contributed by atoms with Gasteiger partial charge in [0.15, 0.2) is 0 Å². The number of carbonyl (C=O) groups excluding carboxylic acids is 1. The lowest BCUT2D eigenvalue weighted by atomic mass is 10.0. The van der Waals surface area contributed by atoms with Crippen LogP contribution >= 0.6 is 0 Å². The summed E-state index contributed by atoms with van der Waals surface area (Å²) >= 11 is 0. The third kappa shape index (κ3) is 4.45. The second kappa shape index (κ2) is 7.66. The standard InChI is InChI=1S/C19H21FN2O4S/c1-13(2)14-3-9-18(10-4-14)27(24,25)21-11-17-12-22(19(23)26-17)16-7-5-15(20)6-8-16/h3-10,13,17,21H,11-12H2,1-2H3. The number of rotatable bonds is 6. The van der Waals surface area contributed by atoms with Gasteiger partial charge in [-0.1, -0.05) is 26.0 Å². The molecule has 1 fully saturated rings. The second-order valence-electron chi connectivity index (χ2n) is 6.67. The predicted molar refractivity (Wildman–Crippen MR) is 99.7 cm³/mol. The van der Waals surface area contributed by atoms with Crippen LogP contribution in [0, 0.1) is 5.82 Å². The lowest BCUT2D eigenvalue weighted by Crippen LogP contribution is -2.34. The van der Waals surface area contributed by atoms with Gasteiger partial charge in [0.2, 0.25) is 10.0 Å². The van der Waals surface area contributed by atoms with Gasteiger partial charge in [-0.3, -0.25) is 4.90 Å². The summed E-state index contributed by atoms with van der Waals surface area (Å²) in [7, 11) is -3.70. The highest BCUT2D eigenvalue weighted by Crippen LogP contribution is 2.22. The molecular formula is C19H21FN2O4S. The van der Waals surface area contributed by atoms with E-state index < -0.39 is 28.0 Å². The monoisotopic (exact) mass is 392 g/mol. The molecule has 0 radical (unpaired) electrons. The summed E-state index contributed by atoms with van der Waals surface area (Å²) in [6.07, 6.45) is -1.22. The van der Waals surface area contributed by atoms with E-state index in [4.69, 9.17) is 4.74 Å². The molecule has 2 aromatic carbocycles. The van der Waals surface area contributed by atoms with Crippen LogP contribution in [0.15, 0.2) is 53.4 Å². The van der Waals surface area contributed by atoms with Crippen molar-refractivity contribution in [2.24, 2.45) is 0 Å². The Kier molecular flexibility index (Phi) is 5.48. The van der Waals surface area contributed by atoms with Crippen molar-refractivity contribution in [2.75, 3.05) is 18.0 Å². The summed E-state index contributed by atoms with van der Waals surface area (Å²) in [6, 6.07) is 12.1. The van der Waals surface area contributed by atoms with Crippen molar-refractivity contribution in [3.05, 3.63) is 59.9 Å². The molecule has 0 bridgehead atoms. The molecule has 1 N–H and O–H groups in total. The molecule has 27 heavy (non-hydrogen) atoms. The maximum absolute atomic E-state index is 13.0. The van der Waals surface area contributed by atoms with Crippen molar-refractivity contribution >= 4 is 21.8 Å². The molecule has 3 rings (SSSR count). The molecule has 0 aliphatic carbocycles. The molecule has 0 spiro atoms. The molecule has 1 amide bonds. The summed E-state index contributed by atoms with van der Waals surface area (Å²) in [5.41, 5.74) is 1.55. The van der Waals surface area contributed by atoms with E-state index in [-0.39, 0.29) is 18.0 Å². The smallest absolute Gasteiger partial charge is 0.414 e. The van der Waals surface area contributed by atoms with Crippen LogP contribution in [-0.4, -0.2) is 33.7 Å². The van der Waals surface area contributed by atoms with Crippen molar-refractivity contribution in [1.82, 2.24) is 4.72 Å². The first-order valence-electron chi connectivity index (χ1n) is 8.59. The van der Waals surface area contributed by atoms with E-state index in [1.807, 2.05) is 13.8 Å². The highest BCUT2D eigenvalue weighted by atomic mass is 32.2. The number of halogens is 1. The van der Waals surface area contributed by atoms with Gasteiger partial charge in [-0.05, 0) is 47.9 Å². The van der Waals surface area contributed by atoms with E-state index in [1.165, 1.54) is 29.2 Å². The Morgan fingerprint density at radius 1 is 1.15 bits per heavy atom. The fourth-order valence-electron chi connectivity index (χ4n) is 2.78. The number of nitrogens with zero attached hydrogens (tertiary/aromatic N) is 1. The number of ether oxygens (including phenoxy) is 1. The van der Waals surface area contributed by atoms with Crippen LogP contribution in [-0.2, 0) is 14.8 Å². The number of benzene rings is 2. The first kappa shape index (κ1) is 19.3. The zero-order valence-corrected chi connectivity index (χ0v) is 15.9. The van der Waals surface area contributed by atoms with E-state index in [9.17, 15) is 17.6 Å². The van der Waals surface area contributed by atoms with E-state index in [2.05, 4.69) is 4.72 Å². The Morgan fingerprint density at radius 2 is 1.78 bits per heavy atom. The minimum atomic E-state index is -3.70. The van der Waals surface area contributed by atoms with Gasteiger partial charge in [-0.25, -0.2) is 22.3 Å². The quantitative estimate of drug-likeness (QED) is 0.819.